The van der Waals surface area contributed by atoms with Crippen molar-refractivity contribution in [3.8, 4) is 0 Å². The molecule has 1 rings (SSSR count). The van der Waals surface area contributed by atoms with Gasteiger partial charge in [-0.25, -0.2) is 0 Å². The Morgan fingerprint density at radius 2 is 2.43 bits per heavy atom. The summed E-state index contributed by atoms with van der Waals surface area (Å²) in [6.45, 7) is 2.65. The molecule has 1 fully saturated rings. The predicted molar refractivity (Wildman–Crippen MR) is 56.0 cm³/mol. The van der Waals surface area contributed by atoms with Crippen LogP contribution in [0.25, 0.3) is 10.4 Å². The lowest BCUT2D eigenvalue weighted by Crippen LogP contribution is -2.24. The summed E-state index contributed by atoms with van der Waals surface area (Å²) in [5.41, 5.74) is 8.33. The van der Waals surface area contributed by atoms with E-state index >= 15 is 0 Å². The lowest BCUT2D eigenvalue weighted by Gasteiger charge is -2.25. The summed E-state index contributed by atoms with van der Waals surface area (Å²) >= 11 is 0. The average molecular weight is 195 g/mol. The minimum absolute atomic E-state index is 0.143. The number of nitrogens with zero attached hydrogens (tertiary/aromatic N) is 3. The van der Waals surface area contributed by atoms with Crippen molar-refractivity contribution in [3.63, 3.8) is 0 Å². The van der Waals surface area contributed by atoms with Crippen LogP contribution in [0.15, 0.2) is 17.3 Å². The van der Waals surface area contributed by atoms with Crippen LogP contribution in [0.5, 0.6) is 0 Å². The SMILES string of the molecule is CC=CCO[C@@H]1CCC[C@@H](N=[N+]=[N-])C1. The van der Waals surface area contributed by atoms with Gasteiger partial charge in [-0.2, -0.15) is 0 Å². The number of hydrogen-bond donors (Lipinski definition) is 0. The first kappa shape index (κ1) is 11.1. The van der Waals surface area contributed by atoms with Crippen molar-refractivity contribution in [1.29, 1.82) is 0 Å². The summed E-state index contributed by atoms with van der Waals surface area (Å²) in [7, 11) is 0. The molecule has 0 aromatic heterocycles. The zero-order valence-corrected chi connectivity index (χ0v) is 8.59. The van der Waals surface area contributed by atoms with E-state index in [2.05, 4.69) is 10.0 Å². The lowest BCUT2D eigenvalue weighted by atomic mass is 9.93. The molecule has 0 heterocycles. The molecule has 0 radical (unpaired) electrons. The van der Waals surface area contributed by atoms with Gasteiger partial charge < -0.3 is 4.74 Å². The molecule has 0 N–H and O–H groups in total. The monoisotopic (exact) mass is 195 g/mol. The Morgan fingerprint density at radius 1 is 1.57 bits per heavy atom. The van der Waals surface area contributed by atoms with E-state index in [1.165, 1.54) is 0 Å². The largest absolute Gasteiger partial charge is 0.374 e. The van der Waals surface area contributed by atoms with Gasteiger partial charge in [0.1, 0.15) is 0 Å². The van der Waals surface area contributed by atoms with Crippen LogP contribution in [0, 0.1) is 0 Å². The van der Waals surface area contributed by atoms with Crippen molar-refractivity contribution < 1.29 is 4.74 Å². The molecule has 0 bridgehead atoms. The average Bonchev–Trinajstić information content (AvgIpc) is 2.19. The summed E-state index contributed by atoms with van der Waals surface area (Å²) in [5, 5.41) is 3.74. The normalized spacial score (nSPS) is 27.5. The van der Waals surface area contributed by atoms with E-state index in [-0.39, 0.29) is 12.1 Å². The number of hydrogen-bond acceptors (Lipinski definition) is 2. The van der Waals surface area contributed by atoms with Gasteiger partial charge in [0.05, 0.1) is 12.7 Å². The van der Waals surface area contributed by atoms with Gasteiger partial charge in [0.2, 0.25) is 0 Å². The first-order valence-corrected chi connectivity index (χ1v) is 5.13. The van der Waals surface area contributed by atoms with Crippen molar-refractivity contribution in [3.05, 3.63) is 22.6 Å². The lowest BCUT2D eigenvalue weighted by molar-refractivity contribution is 0.0410. The van der Waals surface area contributed by atoms with Crippen LogP contribution in [-0.4, -0.2) is 18.8 Å². The Bertz CT molecular complexity index is 234. The molecule has 4 nitrogen and oxygen atoms in total. The summed E-state index contributed by atoms with van der Waals surface area (Å²) in [4.78, 5) is 2.85. The Labute approximate surface area is 84.6 Å². The Balaban J connectivity index is 2.28. The summed E-state index contributed by atoms with van der Waals surface area (Å²) in [5.74, 6) is 0. The molecule has 0 spiro atoms. The Morgan fingerprint density at radius 3 is 3.14 bits per heavy atom. The highest BCUT2D eigenvalue weighted by Crippen LogP contribution is 2.23. The standard InChI is InChI=1S/C10H17N3O/c1-2-3-7-14-10-6-4-5-9(8-10)12-13-11/h2-3,9-10H,4-8H2,1H3/t9-,10-/m1/s1. The molecule has 4 heteroatoms. The molecule has 1 saturated carbocycles. The van der Waals surface area contributed by atoms with Gasteiger partial charge in [-0.1, -0.05) is 23.7 Å². The zero-order valence-electron chi connectivity index (χ0n) is 8.59. The molecule has 14 heavy (non-hydrogen) atoms. The maximum atomic E-state index is 8.33. The van der Waals surface area contributed by atoms with Crippen LogP contribution < -0.4 is 0 Å². The van der Waals surface area contributed by atoms with E-state index < -0.39 is 0 Å². The van der Waals surface area contributed by atoms with Gasteiger partial charge >= 0.3 is 0 Å². The Hall–Kier alpha value is -0.990. The predicted octanol–water partition coefficient (Wildman–Crippen LogP) is 3.20. The minimum Gasteiger partial charge on any atom is -0.374 e. The van der Waals surface area contributed by atoms with E-state index in [0.29, 0.717) is 6.61 Å². The number of ether oxygens (including phenoxy) is 1. The first-order chi connectivity index (χ1) is 6.86. The van der Waals surface area contributed by atoms with Crippen LogP contribution in [0.4, 0.5) is 0 Å². The van der Waals surface area contributed by atoms with Gasteiger partial charge in [-0.15, -0.1) is 0 Å². The summed E-state index contributed by atoms with van der Waals surface area (Å²) in [6, 6.07) is 0.143. The van der Waals surface area contributed by atoms with Crippen molar-refractivity contribution in [1.82, 2.24) is 0 Å². The van der Waals surface area contributed by atoms with E-state index in [9.17, 15) is 0 Å². The smallest absolute Gasteiger partial charge is 0.0651 e. The molecule has 0 aliphatic heterocycles. The van der Waals surface area contributed by atoms with Gasteiger partial charge in [0.15, 0.2) is 0 Å². The second kappa shape index (κ2) is 6.46. The molecular formula is C10H17N3O. The minimum atomic E-state index is 0.143. The van der Waals surface area contributed by atoms with E-state index in [1.54, 1.807) is 0 Å². The molecule has 1 aliphatic rings. The molecule has 1 aliphatic carbocycles. The highest BCUT2D eigenvalue weighted by Gasteiger charge is 2.20. The van der Waals surface area contributed by atoms with Gasteiger partial charge in [0.25, 0.3) is 0 Å². The molecule has 78 valence electrons. The molecule has 0 aromatic rings. The Kier molecular flexibility index (Phi) is 5.12. The van der Waals surface area contributed by atoms with Gasteiger partial charge in [-0.3, -0.25) is 0 Å². The van der Waals surface area contributed by atoms with Crippen LogP contribution in [0.3, 0.4) is 0 Å². The maximum Gasteiger partial charge on any atom is 0.0651 e. The van der Waals surface area contributed by atoms with E-state index in [4.69, 9.17) is 10.3 Å². The quantitative estimate of drug-likeness (QED) is 0.294. The topological polar surface area (TPSA) is 58.0 Å². The molecule has 0 unspecified atom stereocenters. The van der Waals surface area contributed by atoms with Crippen molar-refractivity contribution >= 4 is 0 Å². The summed E-state index contributed by atoms with van der Waals surface area (Å²) in [6.07, 6.45) is 8.33. The highest BCUT2D eigenvalue weighted by atomic mass is 16.5. The van der Waals surface area contributed by atoms with Crippen molar-refractivity contribution in [2.24, 2.45) is 5.11 Å². The number of azide groups is 1. The third-order valence-corrected chi connectivity index (χ3v) is 2.48. The second-order valence-corrected chi connectivity index (χ2v) is 3.55. The van der Waals surface area contributed by atoms with Crippen LogP contribution in [-0.2, 0) is 4.74 Å². The van der Waals surface area contributed by atoms with Crippen LogP contribution in [0.2, 0.25) is 0 Å². The molecule has 0 saturated heterocycles. The van der Waals surface area contributed by atoms with Gasteiger partial charge in [-0.05, 0) is 31.7 Å². The molecule has 2 atom stereocenters. The molecule has 0 aromatic carbocycles. The third-order valence-electron chi connectivity index (χ3n) is 2.48. The van der Waals surface area contributed by atoms with E-state index in [0.717, 1.165) is 25.7 Å². The fourth-order valence-corrected chi connectivity index (χ4v) is 1.74. The van der Waals surface area contributed by atoms with Crippen molar-refractivity contribution in [2.45, 2.75) is 44.8 Å². The maximum absolute atomic E-state index is 8.33. The molecule has 0 amide bonds. The third kappa shape index (κ3) is 3.81. The van der Waals surface area contributed by atoms with Crippen molar-refractivity contribution in [2.75, 3.05) is 6.61 Å². The number of rotatable bonds is 4. The zero-order chi connectivity index (χ0) is 10.2. The van der Waals surface area contributed by atoms with Crippen LogP contribution >= 0.6 is 0 Å². The highest BCUT2D eigenvalue weighted by molar-refractivity contribution is 4.81. The fourth-order valence-electron chi connectivity index (χ4n) is 1.74. The van der Waals surface area contributed by atoms with E-state index in [1.807, 2.05) is 19.1 Å². The van der Waals surface area contributed by atoms with Crippen LogP contribution in [0.1, 0.15) is 32.6 Å². The number of allylic oxidation sites excluding steroid dienone is 1. The first-order valence-electron chi connectivity index (χ1n) is 5.13. The second-order valence-electron chi connectivity index (χ2n) is 3.55. The fraction of sp³-hybridized carbons (Fsp3) is 0.800. The van der Waals surface area contributed by atoms with Gasteiger partial charge in [0, 0.05) is 11.0 Å². The summed E-state index contributed by atoms with van der Waals surface area (Å²) < 4.78 is 5.63. The molecular weight excluding hydrogens is 178 g/mol.